The lowest BCUT2D eigenvalue weighted by Crippen LogP contribution is -2.44. The summed E-state index contributed by atoms with van der Waals surface area (Å²) in [6.45, 7) is 11.9. The Morgan fingerprint density at radius 3 is 2.21 bits per heavy atom. The van der Waals surface area contributed by atoms with Crippen LogP contribution >= 0.6 is 0 Å². The van der Waals surface area contributed by atoms with E-state index in [0.29, 0.717) is 6.54 Å². The van der Waals surface area contributed by atoms with Crippen LogP contribution in [0.2, 0.25) is 0 Å². The summed E-state index contributed by atoms with van der Waals surface area (Å²) in [6, 6.07) is 0.0928. The van der Waals surface area contributed by atoms with Gasteiger partial charge in [0.15, 0.2) is 0 Å². The Hall–Kier alpha value is -0.830. The maximum atomic E-state index is 11.9. The van der Waals surface area contributed by atoms with Gasteiger partial charge in [0, 0.05) is 18.6 Å². The van der Waals surface area contributed by atoms with E-state index in [0.717, 1.165) is 0 Å². The Balaban J connectivity index is 4.50. The van der Waals surface area contributed by atoms with Crippen molar-refractivity contribution in [2.24, 2.45) is 11.7 Å². The highest BCUT2D eigenvalue weighted by Gasteiger charge is 2.24. The third-order valence-electron chi connectivity index (χ3n) is 2.41. The van der Waals surface area contributed by atoms with Crippen molar-refractivity contribution in [2.45, 2.75) is 39.8 Å². The Bertz CT molecular complexity index is 199. The second-order valence-electron chi connectivity index (χ2n) is 4.02. The van der Waals surface area contributed by atoms with Crippen LogP contribution < -0.4 is 5.73 Å². The van der Waals surface area contributed by atoms with E-state index in [2.05, 4.69) is 6.58 Å². The zero-order valence-electron chi connectivity index (χ0n) is 9.66. The van der Waals surface area contributed by atoms with Crippen LogP contribution in [0.3, 0.4) is 0 Å². The summed E-state index contributed by atoms with van der Waals surface area (Å²) < 4.78 is 0. The SMILES string of the molecule is C=CCN(C(=O)C(C)C(C)N)C(C)C. The molecule has 0 aliphatic rings. The van der Waals surface area contributed by atoms with Gasteiger partial charge in [-0.3, -0.25) is 4.79 Å². The van der Waals surface area contributed by atoms with Crippen molar-refractivity contribution >= 4 is 5.91 Å². The first-order valence-electron chi connectivity index (χ1n) is 5.08. The summed E-state index contributed by atoms with van der Waals surface area (Å²) in [7, 11) is 0. The molecule has 0 heterocycles. The molecule has 2 unspecified atom stereocenters. The Kier molecular flexibility index (Phi) is 5.46. The lowest BCUT2D eigenvalue weighted by molar-refractivity contribution is -0.136. The van der Waals surface area contributed by atoms with E-state index in [1.54, 1.807) is 11.0 Å². The molecule has 1 amide bonds. The van der Waals surface area contributed by atoms with Crippen LogP contribution in [0.1, 0.15) is 27.7 Å². The molecule has 0 bridgehead atoms. The fourth-order valence-electron chi connectivity index (χ4n) is 1.18. The van der Waals surface area contributed by atoms with Crippen LogP contribution in [0.15, 0.2) is 12.7 Å². The van der Waals surface area contributed by atoms with Gasteiger partial charge in [-0.2, -0.15) is 0 Å². The monoisotopic (exact) mass is 198 g/mol. The summed E-state index contributed by atoms with van der Waals surface area (Å²) in [5.41, 5.74) is 5.70. The van der Waals surface area contributed by atoms with Crippen molar-refractivity contribution in [3.05, 3.63) is 12.7 Å². The smallest absolute Gasteiger partial charge is 0.227 e. The van der Waals surface area contributed by atoms with E-state index in [4.69, 9.17) is 5.73 Å². The molecular formula is C11H22N2O. The highest BCUT2D eigenvalue weighted by atomic mass is 16.2. The highest BCUT2D eigenvalue weighted by Crippen LogP contribution is 2.09. The zero-order valence-corrected chi connectivity index (χ0v) is 9.66. The average Bonchev–Trinajstić information content (AvgIpc) is 2.11. The molecule has 82 valence electrons. The largest absolute Gasteiger partial charge is 0.336 e. The van der Waals surface area contributed by atoms with Crippen LogP contribution in [0.4, 0.5) is 0 Å². The highest BCUT2D eigenvalue weighted by molar-refractivity contribution is 5.79. The molecule has 0 saturated carbocycles. The molecule has 0 radical (unpaired) electrons. The summed E-state index contributed by atoms with van der Waals surface area (Å²) in [5, 5.41) is 0. The van der Waals surface area contributed by atoms with Gasteiger partial charge in [0.2, 0.25) is 5.91 Å². The van der Waals surface area contributed by atoms with Crippen LogP contribution in [0.5, 0.6) is 0 Å². The number of nitrogens with two attached hydrogens (primary N) is 1. The van der Waals surface area contributed by atoms with Crippen LogP contribution in [-0.4, -0.2) is 29.4 Å². The molecule has 3 nitrogen and oxygen atoms in total. The molecule has 0 fully saturated rings. The first-order valence-corrected chi connectivity index (χ1v) is 5.08. The third-order valence-corrected chi connectivity index (χ3v) is 2.41. The van der Waals surface area contributed by atoms with Gasteiger partial charge in [0.1, 0.15) is 0 Å². The first kappa shape index (κ1) is 13.2. The predicted octanol–water partition coefficient (Wildman–Crippen LogP) is 1.39. The van der Waals surface area contributed by atoms with E-state index in [1.807, 2.05) is 27.7 Å². The zero-order chi connectivity index (χ0) is 11.3. The standard InChI is InChI=1S/C11H22N2O/c1-6-7-13(8(2)3)11(14)9(4)10(5)12/h6,8-10H,1,7,12H2,2-5H3. The summed E-state index contributed by atoms with van der Waals surface area (Å²) in [4.78, 5) is 13.7. The molecular weight excluding hydrogens is 176 g/mol. The summed E-state index contributed by atoms with van der Waals surface area (Å²) in [5.74, 6) is -0.0211. The van der Waals surface area contributed by atoms with E-state index < -0.39 is 0 Å². The lowest BCUT2D eigenvalue weighted by Gasteiger charge is -2.29. The Labute approximate surface area is 87.0 Å². The van der Waals surface area contributed by atoms with Gasteiger partial charge in [0.25, 0.3) is 0 Å². The topological polar surface area (TPSA) is 46.3 Å². The van der Waals surface area contributed by atoms with Gasteiger partial charge in [-0.1, -0.05) is 13.0 Å². The minimum atomic E-state index is -0.127. The van der Waals surface area contributed by atoms with Gasteiger partial charge >= 0.3 is 0 Å². The third kappa shape index (κ3) is 3.50. The fourth-order valence-corrected chi connectivity index (χ4v) is 1.18. The van der Waals surface area contributed by atoms with E-state index in [9.17, 15) is 4.79 Å². The molecule has 0 rings (SSSR count). The molecule has 0 aromatic rings. The second kappa shape index (κ2) is 5.81. The van der Waals surface area contributed by atoms with E-state index in [1.165, 1.54) is 0 Å². The van der Waals surface area contributed by atoms with E-state index in [-0.39, 0.29) is 23.9 Å². The van der Waals surface area contributed by atoms with Crippen LogP contribution in [0, 0.1) is 5.92 Å². The fraction of sp³-hybridized carbons (Fsp3) is 0.727. The molecule has 3 heteroatoms. The van der Waals surface area contributed by atoms with Crippen LogP contribution in [0.25, 0.3) is 0 Å². The van der Waals surface area contributed by atoms with Gasteiger partial charge in [-0.05, 0) is 20.8 Å². The number of hydrogen-bond donors (Lipinski definition) is 1. The van der Waals surface area contributed by atoms with Gasteiger partial charge in [-0.15, -0.1) is 6.58 Å². The quantitative estimate of drug-likeness (QED) is 0.679. The number of nitrogens with zero attached hydrogens (tertiary/aromatic N) is 1. The van der Waals surface area contributed by atoms with Gasteiger partial charge < -0.3 is 10.6 Å². The number of carbonyl (C=O) groups is 1. The first-order chi connectivity index (χ1) is 6.41. The molecule has 0 spiro atoms. The van der Waals surface area contributed by atoms with Crippen molar-refractivity contribution in [1.82, 2.24) is 4.90 Å². The van der Waals surface area contributed by atoms with Crippen molar-refractivity contribution < 1.29 is 4.79 Å². The molecule has 0 aromatic heterocycles. The van der Waals surface area contributed by atoms with Crippen molar-refractivity contribution in [3.8, 4) is 0 Å². The average molecular weight is 198 g/mol. The normalized spacial score (nSPS) is 15.0. The Morgan fingerprint density at radius 2 is 1.93 bits per heavy atom. The van der Waals surface area contributed by atoms with Crippen molar-refractivity contribution in [2.75, 3.05) is 6.54 Å². The van der Waals surface area contributed by atoms with E-state index >= 15 is 0 Å². The molecule has 0 aliphatic carbocycles. The van der Waals surface area contributed by atoms with Gasteiger partial charge in [0.05, 0.1) is 5.92 Å². The predicted molar refractivity (Wildman–Crippen MR) is 59.9 cm³/mol. The maximum absolute atomic E-state index is 11.9. The molecule has 14 heavy (non-hydrogen) atoms. The maximum Gasteiger partial charge on any atom is 0.227 e. The molecule has 0 saturated heterocycles. The number of rotatable bonds is 5. The molecule has 2 N–H and O–H groups in total. The lowest BCUT2D eigenvalue weighted by atomic mass is 10.0. The Morgan fingerprint density at radius 1 is 1.43 bits per heavy atom. The van der Waals surface area contributed by atoms with Crippen molar-refractivity contribution in [3.63, 3.8) is 0 Å². The molecule has 0 aliphatic heterocycles. The van der Waals surface area contributed by atoms with Crippen molar-refractivity contribution in [1.29, 1.82) is 0 Å². The molecule has 2 atom stereocenters. The minimum absolute atomic E-state index is 0.103. The number of amides is 1. The number of carbonyl (C=O) groups excluding carboxylic acids is 1. The summed E-state index contributed by atoms with van der Waals surface area (Å²) in [6.07, 6.45) is 1.74. The van der Waals surface area contributed by atoms with Crippen LogP contribution in [-0.2, 0) is 4.79 Å². The second-order valence-corrected chi connectivity index (χ2v) is 4.02. The minimum Gasteiger partial charge on any atom is -0.336 e. The summed E-state index contributed by atoms with van der Waals surface area (Å²) >= 11 is 0. The number of hydrogen-bond acceptors (Lipinski definition) is 2. The molecule has 0 aromatic carbocycles. The van der Waals surface area contributed by atoms with Gasteiger partial charge in [-0.25, -0.2) is 0 Å².